The molecule has 1 aromatic rings. The van der Waals surface area contributed by atoms with Crippen LogP contribution in [-0.2, 0) is 11.8 Å². The highest BCUT2D eigenvalue weighted by Gasteiger charge is 2.31. The Hall–Kier alpha value is -2.10. The van der Waals surface area contributed by atoms with Gasteiger partial charge >= 0.3 is 0 Å². The topological polar surface area (TPSA) is 117 Å². The van der Waals surface area contributed by atoms with Gasteiger partial charge in [0.2, 0.25) is 5.95 Å². The molecule has 0 atom stereocenters. The van der Waals surface area contributed by atoms with Crippen LogP contribution in [0.3, 0.4) is 0 Å². The molecule has 0 aromatic carbocycles. The molecule has 0 saturated heterocycles. The zero-order valence-corrected chi connectivity index (χ0v) is 14.3. The summed E-state index contributed by atoms with van der Waals surface area (Å²) in [5.74, 6) is 0.570. The summed E-state index contributed by atoms with van der Waals surface area (Å²) in [6, 6.07) is 0. The smallest absolute Gasteiger partial charge is 0.280 e. The van der Waals surface area contributed by atoms with Gasteiger partial charge in [-0.3, -0.25) is 9.36 Å². The quantitative estimate of drug-likeness (QED) is 0.555. The predicted octanol–water partition coefficient (Wildman–Crippen LogP) is -0.760. The molecular formula is C15H25N5O4. The van der Waals surface area contributed by atoms with Crippen LogP contribution in [0.2, 0.25) is 0 Å². The monoisotopic (exact) mass is 339 g/mol. The van der Waals surface area contributed by atoms with Crippen LogP contribution in [0.15, 0.2) is 16.4 Å². The average Bonchev–Trinajstić information content (AvgIpc) is 2.89. The van der Waals surface area contributed by atoms with E-state index in [1.807, 2.05) is 24.8 Å². The van der Waals surface area contributed by atoms with Gasteiger partial charge < -0.3 is 30.5 Å². The minimum absolute atomic E-state index is 0.0870. The number of nitrogens with two attached hydrogens (primary N) is 1. The van der Waals surface area contributed by atoms with Crippen molar-refractivity contribution in [1.29, 1.82) is 0 Å². The van der Waals surface area contributed by atoms with Crippen LogP contribution in [0.5, 0.6) is 0 Å². The van der Waals surface area contributed by atoms with Gasteiger partial charge in [0, 0.05) is 13.6 Å². The largest absolute Gasteiger partial charge is 0.394 e. The molecule has 9 heteroatoms. The van der Waals surface area contributed by atoms with Crippen LogP contribution in [0.4, 0.5) is 17.5 Å². The molecule has 1 aliphatic heterocycles. The molecule has 0 amide bonds. The van der Waals surface area contributed by atoms with Gasteiger partial charge in [-0.25, -0.2) is 0 Å². The van der Waals surface area contributed by atoms with Crippen molar-refractivity contribution in [2.24, 2.45) is 7.05 Å². The molecule has 0 aliphatic carbocycles. The van der Waals surface area contributed by atoms with E-state index in [1.165, 1.54) is 4.57 Å². The number of aromatic nitrogens is 2. The SMILES string of the molecule is CC(C)=CCN1CN(COC(CO)CO)c2nc(N)n(C)c(=O)c21. The maximum absolute atomic E-state index is 12.6. The van der Waals surface area contributed by atoms with Gasteiger partial charge in [-0.2, -0.15) is 4.98 Å². The van der Waals surface area contributed by atoms with Crippen LogP contribution in [0.1, 0.15) is 13.8 Å². The maximum atomic E-state index is 12.6. The van der Waals surface area contributed by atoms with Gasteiger partial charge in [-0.15, -0.1) is 0 Å². The Morgan fingerprint density at radius 1 is 1.38 bits per heavy atom. The number of rotatable bonds is 7. The predicted molar refractivity (Wildman–Crippen MR) is 91.9 cm³/mol. The molecule has 1 aliphatic rings. The van der Waals surface area contributed by atoms with Gasteiger partial charge in [0.05, 0.1) is 19.9 Å². The van der Waals surface area contributed by atoms with Gasteiger partial charge in [0.1, 0.15) is 18.5 Å². The minimum Gasteiger partial charge on any atom is -0.394 e. The number of aliphatic hydroxyl groups excluding tert-OH is 2. The lowest BCUT2D eigenvalue weighted by molar-refractivity contribution is -0.0188. The summed E-state index contributed by atoms with van der Waals surface area (Å²) >= 11 is 0. The zero-order chi connectivity index (χ0) is 17.9. The lowest BCUT2D eigenvalue weighted by Crippen LogP contribution is -2.36. The van der Waals surface area contributed by atoms with Crippen LogP contribution in [0.25, 0.3) is 0 Å². The van der Waals surface area contributed by atoms with Gasteiger partial charge in [-0.05, 0) is 13.8 Å². The molecule has 2 heterocycles. The van der Waals surface area contributed by atoms with Gasteiger partial charge in [0.15, 0.2) is 5.82 Å². The van der Waals surface area contributed by atoms with Crippen molar-refractivity contribution in [3.05, 3.63) is 22.0 Å². The first-order valence-electron chi connectivity index (χ1n) is 7.72. The second kappa shape index (κ2) is 7.65. The Bertz CT molecular complexity index is 665. The Morgan fingerprint density at radius 2 is 2.04 bits per heavy atom. The van der Waals surface area contributed by atoms with E-state index >= 15 is 0 Å². The zero-order valence-electron chi connectivity index (χ0n) is 14.3. The third-order valence-corrected chi connectivity index (χ3v) is 3.83. The number of hydrogen-bond donors (Lipinski definition) is 3. The second-order valence-corrected chi connectivity index (χ2v) is 5.97. The van der Waals surface area contributed by atoms with E-state index in [-0.39, 0.29) is 31.5 Å². The molecule has 0 fully saturated rings. The maximum Gasteiger partial charge on any atom is 0.280 e. The Labute approximate surface area is 140 Å². The van der Waals surface area contributed by atoms with Crippen molar-refractivity contribution in [3.8, 4) is 0 Å². The summed E-state index contributed by atoms with van der Waals surface area (Å²) in [6.45, 7) is 4.47. The van der Waals surface area contributed by atoms with Crippen molar-refractivity contribution in [1.82, 2.24) is 9.55 Å². The van der Waals surface area contributed by atoms with Crippen molar-refractivity contribution in [2.75, 3.05) is 48.7 Å². The Morgan fingerprint density at radius 3 is 2.62 bits per heavy atom. The van der Waals surface area contributed by atoms with Crippen LogP contribution >= 0.6 is 0 Å². The highest BCUT2D eigenvalue weighted by molar-refractivity contribution is 5.72. The van der Waals surface area contributed by atoms with E-state index in [0.29, 0.717) is 24.7 Å². The number of nitrogens with zero attached hydrogens (tertiary/aromatic N) is 4. The minimum atomic E-state index is -0.677. The number of allylic oxidation sites excluding steroid dienone is 1. The molecule has 4 N–H and O–H groups in total. The number of hydrogen-bond acceptors (Lipinski definition) is 8. The number of anilines is 3. The lowest BCUT2D eigenvalue weighted by atomic mass is 10.3. The van der Waals surface area contributed by atoms with Crippen LogP contribution < -0.4 is 21.1 Å². The second-order valence-electron chi connectivity index (χ2n) is 5.97. The highest BCUT2D eigenvalue weighted by atomic mass is 16.5. The summed E-state index contributed by atoms with van der Waals surface area (Å²) in [6.07, 6.45) is 1.35. The molecule has 9 nitrogen and oxygen atoms in total. The average molecular weight is 339 g/mol. The molecule has 0 unspecified atom stereocenters. The van der Waals surface area contributed by atoms with Crippen molar-refractivity contribution in [2.45, 2.75) is 20.0 Å². The van der Waals surface area contributed by atoms with E-state index in [2.05, 4.69) is 4.98 Å². The van der Waals surface area contributed by atoms with Crippen molar-refractivity contribution in [3.63, 3.8) is 0 Å². The van der Waals surface area contributed by atoms with E-state index in [4.69, 9.17) is 20.7 Å². The van der Waals surface area contributed by atoms with Gasteiger partial charge in [0.25, 0.3) is 5.56 Å². The standard InChI is InChI=1S/C15H25N5O4/c1-10(2)4-5-19-8-20(9-24-11(6-21)7-22)13-12(19)14(23)18(3)15(16)17-13/h4,11,21-22H,5-9H2,1-3H3,(H2,16,17). The molecule has 0 bridgehead atoms. The first-order chi connectivity index (χ1) is 11.4. The van der Waals surface area contributed by atoms with Crippen LogP contribution in [-0.4, -0.2) is 59.0 Å². The summed E-state index contributed by atoms with van der Waals surface area (Å²) < 4.78 is 6.77. The molecule has 24 heavy (non-hydrogen) atoms. The molecule has 0 saturated carbocycles. The first-order valence-corrected chi connectivity index (χ1v) is 7.72. The Kier molecular flexibility index (Phi) is 5.81. The number of fused-ring (bicyclic) bond motifs is 1. The molecule has 2 rings (SSSR count). The molecule has 0 spiro atoms. The van der Waals surface area contributed by atoms with E-state index < -0.39 is 6.10 Å². The van der Waals surface area contributed by atoms with E-state index in [9.17, 15) is 4.79 Å². The summed E-state index contributed by atoms with van der Waals surface area (Å²) in [5, 5.41) is 18.2. The molecule has 1 aromatic heterocycles. The third-order valence-electron chi connectivity index (χ3n) is 3.83. The molecule has 0 radical (unpaired) electrons. The van der Waals surface area contributed by atoms with E-state index in [0.717, 1.165) is 5.57 Å². The number of aliphatic hydroxyl groups is 2. The summed E-state index contributed by atoms with van der Waals surface area (Å²) in [4.78, 5) is 20.5. The molecular weight excluding hydrogens is 314 g/mol. The highest BCUT2D eigenvalue weighted by Crippen LogP contribution is 2.31. The fourth-order valence-corrected chi connectivity index (χ4v) is 2.34. The first kappa shape index (κ1) is 18.2. The van der Waals surface area contributed by atoms with Crippen molar-refractivity contribution >= 4 is 17.5 Å². The van der Waals surface area contributed by atoms with Gasteiger partial charge in [-0.1, -0.05) is 11.6 Å². The number of ether oxygens (including phenoxy) is 1. The third kappa shape index (κ3) is 3.69. The Balaban J connectivity index is 2.31. The fourth-order valence-electron chi connectivity index (χ4n) is 2.34. The summed E-state index contributed by atoms with van der Waals surface area (Å²) in [5.41, 5.74) is 7.20. The lowest BCUT2D eigenvalue weighted by Gasteiger charge is -2.22. The summed E-state index contributed by atoms with van der Waals surface area (Å²) in [7, 11) is 1.58. The normalized spacial score (nSPS) is 13.6. The van der Waals surface area contributed by atoms with E-state index in [1.54, 1.807) is 11.9 Å². The van der Waals surface area contributed by atoms with Crippen molar-refractivity contribution < 1.29 is 14.9 Å². The number of nitrogen functional groups attached to an aromatic ring is 1. The molecule has 134 valence electrons. The van der Waals surface area contributed by atoms with Crippen LogP contribution in [0, 0.1) is 0 Å². The fraction of sp³-hybridized carbons (Fsp3) is 0.600.